The van der Waals surface area contributed by atoms with Crippen molar-refractivity contribution in [2.24, 2.45) is 0 Å². The molecule has 0 aliphatic carbocycles. The SMILES string of the molecule is CC[C@H]1CN(C)c2ccccc2CN1C(=O)[C@H](C)S(C)(=O)=O. The first-order valence-electron chi connectivity index (χ1n) is 7.54. The number of anilines is 1. The van der Waals surface area contributed by atoms with Crippen molar-refractivity contribution in [3.8, 4) is 0 Å². The third-order valence-electron chi connectivity index (χ3n) is 4.41. The van der Waals surface area contributed by atoms with Gasteiger partial charge in [-0.3, -0.25) is 4.79 Å². The molecular weight excluding hydrogens is 300 g/mol. The number of fused-ring (bicyclic) bond motifs is 1. The smallest absolute Gasteiger partial charge is 0.241 e. The molecule has 1 aromatic rings. The maximum Gasteiger partial charge on any atom is 0.241 e. The highest BCUT2D eigenvalue weighted by Gasteiger charge is 2.34. The summed E-state index contributed by atoms with van der Waals surface area (Å²) in [5.41, 5.74) is 2.15. The Hall–Kier alpha value is -1.56. The number of carbonyl (C=O) groups is 1. The predicted octanol–water partition coefficient (Wildman–Crippen LogP) is 1.68. The molecule has 0 fully saturated rings. The fraction of sp³-hybridized carbons (Fsp3) is 0.562. The van der Waals surface area contributed by atoms with Crippen molar-refractivity contribution in [2.45, 2.75) is 38.1 Å². The minimum Gasteiger partial charge on any atom is -0.372 e. The van der Waals surface area contributed by atoms with Crippen LogP contribution in [0.3, 0.4) is 0 Å². The summed E-state index contributed by atoms with van der Waals surface area (Å²) >= 11 is 0. The van der Waals surface area contributed by atoms with E-state index in [0.717, 1.165) is 23.9 Å². The van der Waals surface area contributed by atoms with Crippen LogP contribution in [-0.2, 0) is 21.2 Å². The van der Waals surface area contributed by atoms with Crippen molar-refractivity contribution in [3.63, 3.8) is 0 Å². The van der Waals surface area contributed by atoms with E-state index < -0.39 is 15.1 Å². The van der Waals surface area contributed by atoms with Crippen molar-refractivity contribution < 1.29 is 13.2 Å². The summed E-state index contributed by atoms with van der Waals surface area (Å²) in [4.78, 5) is 16.6. The molecule has 1 heterocycles. The number of sulfone groups is 1. The van der Waals surface area contributed by atoms with Crippen LogP contribution < -0.4 is 4.90 Å². The zero-order valence-corrected chi connectivity index (χ0v) is 14.4. The summed E-state index contributed by atoms with van der Waals surface area (Å²) in [7, 11) is -1.38. The Morgan fingerprint density at radius 2 is 2.00 bits per heavy atom. The third kappa shape index (κ3) is 3.27. The van der Waals surface area contributed by atoms with Crippen molar-refractivity contribution in [2.75, 3.05) is 24.7 Å². The topological polar surface area (TPSA) is 57.7 Å². The fourth-order valence-electron chi connectivity index (χ4n) is 2.87. The molecule has 2 atom stereocenters. The van der Waals surface area contributed by atoms with Gasteiger partial charge in [0, 0.05) is 38.1 Å². The van der Waals surface area contributed by atoms with E-state index in [9.17, 15) is 13.2 Å². The monoisotopic (exact) mass is 324 g/mol. The quantitative estimate of drug-likeness (QED) is 0.849. The van der Waals surface area contributed by atoms with Gasteiger partial charge in [-0.15, -0.1) is 0 Å². The van der Waals surface area contributed by atoms with E-state index in [4.69, 9.17) is 0 Å². The van der Waals surface area contributed by atoms with Crippen molar-refractivity contribution in [1.29, 1.82) is 0 Å². The van der Waals surface area contributed by atoms with Gasteiger partial charge in [0.05, 0.1) is 0 Å². The lowest BCUT2D eigenvalue weighted by molar-refractivity contribution is -0.133. The van der Waals surface area contributed by atoms with Gasteiger partial charge >= 0.3 is 0 Å². The van der Waals surface area contributed by atoms with Crippen molar-refractivity contribution in [3.05, 3.63) is 29.8 Å². The van der Waals surface area contributed by atoms with Gasteiger partial charge in [0.2, 0.25) is 5.91 Å². The highest BCUT2D eigenvalue weighted by molar-refractivity contribution is 7.92. The number of benzene rings is 1. The average Bonchev–Trinajstić information content (AvgIpc) is 2.62. The fourth-order valence-corrected chi connectivity index (χ4v) is 3.37. The predicted molar refractivity (Wildman–Crippen MR) is 88.6 cm³/mol. The molecule has 122 valence electrons. The van der Waals surface area contributed by atoms with Crippen LogP contribution in [0.5, 0.6) is 0 Å². The van der Waals surface area contributed by atoms with E-state index >= 15 is 0 Å². The first-order valence-corrected chi connectivity index (χ1v) is 9.49. The molecule has 22 heavy (non-hydrogen) atoms. The molecular formula is C16H24N2O3S. The second-order valence-electron chi connectivity index (χ2n) is 6.01. The van der Waals surface area contributed by atoms with Crippen LogP contribution in [0.2, 0.25) is 0 Å². The van der Waals surface area contributed by atoms with Gasteiger partial charge in [0.15, 0.2) is 9.84 Å². The lowest BCUT2D eigenvalue weighted by Crippen LogP contribution is -2.48. The standard InChI is InChI=1S/C16H24N2O3S/c1-5-14-11-17(3)15-9-7-6-8-13(15)10-18(14)16(19)12(2)22(4,20)21/h6-9,12,14H,5,10-11H2,1-4H3/t12-,14-/m0/s1. The van der Waals surface area contributed by atoms with E-state index in [1.807, 2.05) is 38.2 Å². The van der Waals surface area contributed by atoms with Gasteiger partial charge in [-0.2, -0.15) is 0 Å². The number of hydrogen-bond acceptors (Lipinski definition) is 4. The van der Waals surface area contributed by atoms with Gasteiger partial charge in [-0.1, -0.05) is 25.1 Å². The number of rotatable bonds is 3. The summed E-state index contributed by atoms with van der Waals surface area (Å²) in [5, 5.41) is -1.00. The second kappa shape index (κ2) is 6.28. The number of nitrogens with zero attached hydrogens (tertiary/aromatic N) is 2. The lowest BCUT2D eigenvalue weighted by atomic mass is 10.1. The van der Waals surface area contributed by atoms with Gasteiger partial charge in [-0.25, -0.2) is 8.42 Å². The van der Waals surface area contributed by atoms with Crippen LogP contribution in [0.25, 0.3) is 0 Å². The molecule has 0 aromatic heterocycles. The van der Waals surface area contributed by atoms with E-state index in [1.165, 1.54) is 6.92 Å². The average molecular weight is 324 g/mol. The molecule has 0 unspecified atom stereocenters. The van der Waals surface area contributed by atoms with Gasteiger partial charge in [0.25, 0.3) is 0 Å². The molecule has 0 bridgehead atoms. The van der Waals surface area contributed by atoms with Crippen LogP contribution in [0.4, 0.5) is 5.69 Å². The summed E-state index contributed by atoms with van der Waals surface area (Å²) in [6.45, 7) is 4.66. The summed E-state index contributed by atoms with van der Waals surface area (Å²) < 4.78 is 23.5. The first kappa shape index (κ1) is 16.8. The molecule has 1 aliphatic heterocycles. The maximum atomic E-state index is 12.7. The summed E-state index contributed by atoms with van der Waals surface area (Å²) in [5.74, 6) is -0.306. The van der Waals surface area contributed by atoms with Crippen molar-refractivity contribution >= 4 is 21.4 Å². The van der Waals surface area contributed by atoms with Gasteiger partial charge in [0.1, 0.15) is 5.25 Å². The molecule has 5 nitrogen and oxygen atoms in total. The summed E-state index contributed by atoms with van der Waals surface area (Å²) in [6.07, 6.45) is 1.91. The third-order valence-corrected chi connectivity index (χ3v) is 5.90. The number of carbonyl (C=O) groups excluding carboxylic acids is 1. The second-order valence-corrected chi connectivity index (χ2v) is 8.38. The lowest BCUT2D eigenvalue weighted by Gasteiger charge is -2.32. The minimum absolute atomic E-state index is 0.00843. The molecule has 6 heteroatoms. The molecule has 0 saturated carbocycles. The van der Waals surface area contributed by atoms with Crippen molar-refractivity contribution in [1.82, 2.24) is 4.90 Å². The number of likely N-dealkylation sites (N-methyl/N-ethyl adjacent to an activating group) is 1. The molecule has 1 aliphatic rings. The molecule has 2 rings (SSSR count). The Morgan fingerprint density at radius 3 is 2.59 bits per heavy atom. The molecule has 1 amide bonds. The number of para-hydroxylation sites is 1. The Kier molecular flexibility index (Phi) is 4.80. The highest BCUT2D eigenvalue weighted by atomic mass is 32.2. The van der Waals surface area contributed by atoms with Crippen LogP contribution >= 0.6 is 0 Å². The normalized spacial score (nSPS) is 20.3. The van der Waals surface area contributed by atoms with Gasteiger partial charge in [-0.05, 0) is 25.0 Å². The van der Waals surface area contributed by atoms with Crippen LogP contribution in [-0.4, -0.2) is 50.4 Å². The van der Waals surface area contributed by atoms with Gasteiger partial charge < -0.3 is 9.80 Å². The van der Waals surface area contributed by atoms with E-state index in [-0.39, 0.29) is 11.9 Å². The van der Waals surface area contributed by atoms with E-state index in [2.05, 4.69) is 4.90 Å². The zero-order chi connectivity index (χ0) is 16.5. The number of hydrogen-bond donors (Lipinski definition) is 0. The molecule has 0 saturated heterocycles. The van der Waals surface area contributed by atoms with Crippen LogP contribution in [0.1, 0.15) is 25.8 Å². The Balaban J connectivity index is 2.39. The molecule has 1 aromatic carbocycles. The van der Waals surface area contributed by atoms with Crippen LogP contribution in [0.15, 0.2) is 24.3 Å². The first-order chi connectivity index (χ1) is 10.3. The summed E-state index contributed by atoms with van der Waals surface area (Å²) in [6, 6.07) is 7.97. The molecule has 0 N–H and O–H groups in total. The zero-order valence-electron chi connectivity index (χ0n) is 13.6. The molecule has 0 spiro atoms. The molecule has 0 radical (unpaired) electrons. The van der Waals surface area contributed by atoms with Crippen LogP contribution in [0, 0.1) is 0 Å². The minimum atomic E-state index is -3.39. The number of amides is 1. The Morgan fingerprint density at radius 1 is 1.36 bits per heavy atom. The maximum absolute atomic E-state index is 12.7. The Bertz CT molecular complexity index is 657. The Labute approximate surface area is 132 Å². The van der Waals surface area contributed by atoms with E-state index in [1.54, 1.807) is 4.90 Å². The largest absolute Gasteiger partial charge is 0.372 e. The highest BCUT2D eigenvalue weighted by Crippen LogP contribution is 2.27. The van der Waals surface area contributed by atoms with E-state index in [0.29, 0.717) is 13.1 Å².